The highest BCUT2D eigenvalue weighted by Crippen LogP contribution is 2.17. The predicted octanol–water partition coefficient (Wildman–Crippen LogP) is 2.59. The molecule has 0 aromatic heterocycles. The number of methoxy groups -OCH3 is 1. The standard InChI is InChI=1S/C12H13BrF3NO2/c1-17(5-7(13)6-19-2)12(18)8-3-4-9(14)11(16)10(8)15/h3-4,7H,5-6H2,1-2H3. The number of hydrogen-bond donors (Lipinski definition) is 0. The number of hydrogen-bond acceptors (Lipinski definition) is 2. The molecule has 1 aromatic carbocycles. The van der Waals surface area contributed by atoms with E-state index in [0.717, 1.165) is 12.1 Å². The Morgan fingerprint density at radius 2 is 2.00 bits per heavy atom. The Labute approximate surface area is 117 Å². The molecule has 0 radical (unpaired) electrons. The Morgan fingerprint density at radius 1 is 1.37 bits per heavy atom. The van der Waals surface area contributed by atoms with E-state index in [1.165, 1.54) is 19.1 Å². The lowest BCUT2D eigenvalue weighted by Crippen LogP contribution is -2.34. The van der Waals surface area contributed by atoms with E-state index in [4.69, 9.17) is 4.74 Å². The van der Waals surface area contributed by atoms with E-state index in [-0.39, 0.29) is 11.4 Å². The van der Waals surface area contributed by atoms with Crippen LogP contribution in [0, 0.1) is 17.5 Å². The van der Waals surface area contributed by atoms with Crippen molar-refractivity contribution in [3.05, 3.63) is 35.1 Å². The van der Waals surface area contributed by atoms with Crippen molar-refractivity contribution >= 4 is 21.8 Å². The Balaban J connectivity index is 2.86. The molecule has 1 atom stereocenters. The summed E-state index contributed by atoms with van der Waals surface area (Å²) in [6.07, 6.45) is 0. The molecule has 0 fully saturated rings. The highest BCUT2D eigenvalue weighted by atomic mass is 79.9. The zero-order chi connectivity index (χ0) is 14.6. The molecule has 106 valence electrons. The van der Waals surface area contributed by atoms with Crippen molar-refractivity contribution in [3.63, 3.8) is 0 Å². The van der Waals surface area contributed by atoms with Gasteiger partial charge in [-0.2, -0.15) is 0 Å². The Bertz CT molecular complexity index is 471. The highest BCUT2D eigenvalue weighted by Gasteiger charge is 2.22. The van der Waals surface area contributed by atoms with Crippen LogP contribution in [0.5, 0.6) is 0 Å². The van der Waals surface area contributed by atoms with Crippen molar-refractivity contribution in [2.24, 2.45) is 0 Å². The monoisotopic (exact) mass is 339 g/mol. The van der Waals surface area contributed by atoms with Crippen molar-refractivity contribution in [2.45, 2.75) is 4.83 Å². The smallest absolute Gasteiger partial charge is 0.256 e. The van der Waals surface area contributed by atoms with Gasteiger partial charge in [-0.25, -0.2) is 13.2 Å². The molecule has 0 spiro atoms. The van der Waals surface area contributed by atoms with Crippen LogP contribution in [0.2, 0.25) is 0 Å². The second-order valence-electron chi connectivity index (χ2n) is 3.96. The normalized spacial score (nSPS) is 12.3. The summed E-state index contributed by atoms with van der Waals surface area (Å²) in [4.78, 5) is 13.0. The number of nitrogens with zero attached hydrogens (tertiary/aromatic N) is 1. The Morgan fingerprint density at radius 3 is 2.58 bits per heavy atom. The van der Waals surface area contributed by atoms with E-state index >= 15 is 0 Å². The SMILES string of the molecule is COCC(Br)CN(C)C(=O)c1ccc(F)c(F)c1F. The van der Waals surface area contributed by atoms with Gasteiger partial charge in [-0.15, -0.1) is 0 Å². The molecule has 1 amide bonds. The minimum absolute atomic E-state index is 0.139. The summed E-state index contributed by atoms with van der Waals surface area (Å²) in [5.41, 5.74) is -0.501. The molecule has 0 heterocycles. The molecule has 0 bridgehead atoms. The van der Waals surface area contributed by atoms with Gasteiger partial charge >= 0.3 is 0 Å². The number of benzene rings is 1. The van der Waals surface area contributed by atoms with Gasteiger partial charge in [0.25, 0.3) is 5.91 Å². The third kappa shape index (κ3) is 3.94. The van der Waals surface area contributed by atoms with Crippen molar-refractivity contribution in [1.29, 1.82) is 0 Å². The summed E-state index contributed by atoms with van der Waals surface area (Å²) in [7, 11) is 2.94. The van der Waals surface area contributed by atoms with Gasteiger partial charge in [0, 0.05) is 20.7 Å². The maximum Gasteiger partial charge on any atom is 0.256 e. The molecule has 19 heavy (non-hydrogen) atoms. The number of carbonyl (C=O) groups is 1. The first-order valence-corrected chi connectivity index (χ1v) is 6.32. The van der Waals surface area contributed by atoms with E-state index in [1.54, 1.807) is 0 Å². The molecule has 1 unspecified atom stereocenters. The Hall–Kier alpha value is -1.08. The van der Waals surface area contributed by atoms with Crippen LogP contribution in [0.3, 0.4) is 0 Å². The van der Waals surface area contributed by atoms with Gasteiger partial charge in [-0.05, 0) is 12.1 Å². The van der Waals surface area contributed by atoms with Gasteiger partial charge in [0.15, 0.2) is 17.5 Å². The van der Waals surface area contributed by atoms with E-state index in [1.807, 2.05) is 0 Å². The zero-order valence-corrected chi connectivity index (χ0v) is 12.0. The number of amides is 1. The molecule has 0 aliphatic rings. The molecule has 1 rings (SSSR count). The van der Waals surface area contributed by atoms with Crippen LogP contribution in [-0.2, 0) is 4.74 Å². The van der Waals surface area contributed by atoms with Crippen LogP contribution in [0.4, 0.5) is 13.2 Å². The summed E-state index contributed by atoms with van der Waals surface area (Å²) in [5.74, 6) is -5.17. The quantitative estimate of drug-likeness (QED) is 0.609. The number of alkyl halides is 1. The molecule has 3 nitrogen and oxygen atoms in total. The average molecular weight is 340 g/mol. The fraction of sp³-hybridized carbons (Fsp3) is 0.417. The average Bonchev–Trinajstić information content (AvgIpc) is 2.35. The molecule has 1 aromatic rings. The first-order chi connectivity index (χ1) is 8.88. The predicted molar refractivity (Wildman–Crippen MR) is 67.9 cm³/mol. The van der Waals surface area contributed by atoms with Crippen molar-refractivity contribution in [3.8, 4) is 0 Å². The maximum absolute atomic E-state index is 13.5. The molecule has 0 saturated heterocycles. The molecular formula is C12H13BrF3NO2. The summed E-state index contributed by atoms with van der Waals surface area (Å²) in [6, 6.07) is 1.65. The first-order valence-electron chi connectivity index (χ1n) is 5.40. The number of carbonyl (C=O) groups excluding carboxylic acids is 1. The zero-order valence-electron chi connectivity index (χ0n) is 10.4. The maximum atomic E-state index is 13.5. The van der Waals surface area contributed by atoms with Crippen molar-refractivity contribution < 1.29 is 22.7 Å². The summed E-state index contributed by atoms with van der Waals surface area (Å²) in [5, 5.41) is 0. The van der Waals surface area contributed by atoms with Gasteiger partial charge in [0.2, 0.25) is 0 Å². The van der Waals surface area contributed by atoms with Gasteiger partial charge in [-0.3, -0.25) is 4.79 Å². The number of halogens is 4. The second-order valence-corrected chi connectivity index (χ2v) is 5.26. The third-order valence-corrected chi connectivity index (χ3v) is 2.99. The summed E-state index contributed by atoms with van der Waals surface area (Å²) in [6.45, 7) is 0.600. The van der Waals surface area contributed by atoms with E-state index in [2.05, 4.69) is 15.9 Å². The van der Waals surface area contributed by atoms with Crippen LogP contribution in [0.1, 0.15) is 10.4 Å². The van der Waals surface area contributed by atoms with E-state index in [0.29, 0.717) is 6.61 Å². The molecule has 0 aliphatic carbocycles. The van der Waals surface area contributed by atoms with Crippen molar-refractivity contribution in [2.75, 3.05) is 27.3 Å². The van der Waals surface area contributed by atoms with Crippen LogP contribution >= 0.6 is 15.9 Å². The fourth-order valence-corrected chi connectivity index (χ4v) is 2.21. The van der Waals surface area contributed by atoms with Gasteiger partial charge in [0.05, 0.1) is 17.0 Å². The van der Waals surface area contributed by atoms with Gasteiger partial charge < -0.3 is 9.64 Å². The van der Waals surface area contributed by atoms with Crippen LogP contribution in [0.15, 0.2) is 12.1 Å². The van der Waals surface area contributed by atoms with Crippen LogP contribution in [-0.4, -0.2) is 42.9 Å². The fourth-order valence-electron chi connectivity index (χ4n) is 1.51. The van der Waals surface area contributed by atoms with Gasteiger partial charge in [-0.1, -0.05) is 15.9 Å². The highest BCUT2D eigenvalue weighted by molar-refractivity contribution is 9.09. The lowest BCUT2D eigenvalue weighted by atomic mass is 10.1. The molecule has 0 aliphatic heterocycles. The number of rotatable bonds is 5. The van der Waals surface area contributed by atoms with Gasteiger partial charge in [0.1, 0.15) is 0 Å². The van der Waals surface area contributed by atoms with Crippen LogP contribution < -0.4 is 0 Å². The lowest BCUT2D eigenvalue weighted by molar-refractivity contribution is 0.0778. The van der Waals surface area contributed by atoms with E-state index in [9.17, 15) is 18.0 Å². The minimum atomic E-state index is -1.65. The second kappa shape index (κ2) is 6.91. The van der Waals surface area contributed by atoms with E-state index < -0.39 is 28.9 Å². The molecule has 0 N–H and O–H groups in total. The molecule has 0 saturated carbocycles. The minimum Gasteiger partial charge on any atom is -0.383 e. The topological polar surface area (TPSA) is 29.5 Å². The summed E-state index contributed by atoms with van der Waals surface area (Å²) < 4.78 is 44.2. The largest absolute Gasteiger partial charge is 0.383 e. The number of ether oxygens (including phenoxy) is 1. The third-order valence-electron chi connectivity index (χ3n) is 2.43. The lowest BCUT2D eigenvalue weighted by Gasteiger charge is -2.20. The first kappa shape index (κ1) is 16.0. The molecule has 7 heteroatoms. The molecular weight excluding hydrogens is 327 g/mol. The summed E-state index contributed by atoms with van der Waals surface area (Å²) >= 11 is 3.28. The van der Waals surface area contributed by atoms with Crippen molar-refractivity contribution in [1.82, 2.24) is 4.90 Å². The Kier molecular flexibility index (Phi) is 5.81. The van der Waals surface area contributed by atoms with Crippen LogP contribution in [0.25, 0.3) is 0 Å².